The summed E-state index contributed by atoms with van der Waals surface area (Å²) in [4.78, 5) is 10.9. The van der Waals surface area contributed by atoms with E-state index in [0.717, 1.165) is 19.3 Å². The first-order chi connectivity index (χ1) is 6.24. The smallest absolute Gasteiger partial charge is 0.407 e. The molecule has 0 radical (unpaired) electrons. The van der Waals surface area contributed by atoms with E-state index < -0.39 is 0 Å². The molecule has 74 valence electrons. The molecule has 0 aromatic carbocycles. The van der Waals surface area contributed by atoms with Gasteiger partial charge in [0.25, 0.3) is 0 Å². The van der Waals surface area contributed by atoms with Gasteiger partial charge in [0.05, 0.1) is 19.3 Å². The minimum absolute atomic E-state index is 0.251. The largest absolute Gasteiger partial charge is 0.441 e. The second kappa shape index (κ2) is 3.18. The molecule has 13 heavy (non-hydrogen) atoms. The van der Waals surface area contributed by atoms with Crippen molar-refractivity contribution in [3.05, 3.63) is 0 Å². The quantitative estimate of drug-likeness (QED) is 0.664. The fraction of sp³-hybridized carbons (Fsp3) is 0.889. The predicted octanol–water partition coefficient (Wildman–Crippen LogP) is 1.05. The van der Waals surface area contributed by atoms with Crippen LogP contribution in [-0.4, -0.2) is 30.9 Å². The third kappa shape index (κ3) is 1.63. The zero-order valence-corrected chi connectivity index (χ0v) is 7.84. The summed E-state index contributed by atoms with van der Waals surface area (Å²) in [6.45, 7) is 3.44. The maximum atomic E-state index is 10.9. The third-order valence-corrected chi connectivity index (χ3v) is 2.83. The van der Waals surface area contributed by atoms with E-state index in [0.29, 0.717) is 13.2 Å². The SMILES string of the molecule is CCC1CC2(CCO1)CNC(=O)O2. The van der Waals surface area contributed by atoms with Gasteiger partial charge in [-0.15, -0.1) is 0 Å². The Bertz CT molecular complexity index is 219. The monoisotopic (exact) mass is 185 g/mol. The second-order valence-electron chi connectivity index (χ2n) is 3.78. The normalized spacial score (nSPS) is 38.8. The van der Waals surface area contributed by atoms with E-state index in [9.17, 15) is 4.79 Å². The lowest BCUT2D eigenvalue weighted by Gasteiger charge is -2.35. The van der Waals surface area contributed by atoms with Gasteiger partial charge in [0.2, 0.25) is 0 Å². The molecule has 2 fully saturated rings. The summed E-state index contributed by atoms with van der Waals surface area (Å²) in [6, 6.07) is 0. The van der Waals surface area contributed by atoms with Gasteiger partial charge >= 0.3 is 6.09 Å². The van der Waals surface area contributed by atoms with E-state index in [-0.39, 0.29) is 17.8 Å². The Hall–Kier alpha value is -0.770. The summed E-state index contributed by atoms with van der Waals surface area (Å²) in [7, 11) is 0. The van der Waals surface area contributed by atoms with E-state index in [1.807, 2.05) is 0 Å². The van der Waals surface area contributed by atoms with E-state index in [4.69, 9.17) is 9.47 Å². The molecule has 2 aliphatic rings. The Morgan fingerprint density at radius 3 is 3.15 bits per heavy atom. The van der Waals surface area contributed by atoms with Gasteiger partial charge in [-0.25, -0.2) is 4.79 Å². The number of hydrogen-bond acceptors (Lipinski definition) is 3. The van der Waals surface area contributed by atoms with Crippen LogP contribution < -0.4 is 5.32 Å². The van der Waals surface area contributed by atoms with Gasteiger partial charge in [0.15, 0.2) is 0 Å². The number of ether oxygens (including phenoxy) is 2. The van der Waals surface area contributed by atoms with Crippen molar-refractivity contribution in [3.63, 3.8) is 0 Å². The van der Waals surface area contributed by atoms with Crippen LogP contribution in [0.25, 0.3) is 0 Å². The lowest BCUT2D eigenvalue weighted by molar-refractivity contribution is -0.0867. The summed E-state index contributed by atoms with van der Waals surface area (Å²) in [5, 5.41) is 2.71. The van der Waals surface area contributed by atoms with Crippen LogP contribution in [0.3, 0.4) is 0 Å². The topological polar surface area (TPSA) is 47.6 Å². The summed E-state index contributed by atoms with van der Waals surface area (Å²) in [6.07, 6.45) is 2.61. The highest BCUT2D eigenvalue weighted by molar-refractivity contribution is 5.70. The number of nitrogens with one attached hydrogen (secondary N) is 1. The number of rotatable bonds is 1. The zero-order chi connectivity index (χ0) is 9.31. The van der Waals surface area contributed by atoms with Gasteiger partial charge in [-0.3, -0.25) is 0 Å². The number of amides is 1. The number of alkyl carbamates (subject to hydrolysis) is 1. The minimum atomic E-state index is -0.281. The molecule has 4 nitrogen and oxygen atoms in total. The maximum absolute atomic E-state index is 10.9. The Morgan fingerprint density at radius 1 is 1.69 bits per heavy atom. The van der Waals surface area contributed by atoms with Crippen LogP contribution in [0.2, 0.25) is 0 Å². The van der Waals surface area contributed by atoms with Crippen molar-refractivity contribution in [2.45, 2.75) is 37.9 Å². The van der Waals surface area contributed by atoms with Crippen LogP contribution >= 0.6 is 0 Å². The van der Waals surface area contributed by atoms with Gasteiger partial charge in [-0.1, -0.05) is 6.92 Å². The number of carbonyl (C=O) groups excluding carboxylic acids is 1. The summed E-state index contributed by atoms with van der Waals surface area (Å²) >= 11 is 0. The van der Waals surface area contributed by atoms with Crippen LogP contribution in [0.15, 0.2) is 0 Å². The van der Waals surface area contributed by atoms with Gasteiger partial charge in [0.1, 0.15) is 5.60 Å². The average Bonchev–Trinajstić information content (AvgIpc) is 2.47. The van der Waals surface area contributed by atoms with Crippen LogP contribution in [0.1, 0.15) is 26.2 Å². The standard InChI is InChI=1S/C9H15NO3/c1-2-7-5-9(3-4-12-7)6-10-8(11)13-9/h7H,2-6H2,1H3,(H,10,11). The van der Waals surface area contributed by atoms with Crippen LogP contribution in [-0.2, 0) is 9.47 Å². The van der Waals surface area contributed by atoms with Crippen molar-refractivity contribution in [2.24, 2.45) is 0 Å². The van der Waals surface area contributed by atoms with Crippen molar-refractivity contribution in [1.29, 1.82) is 0 Å². The van der Waals surface area contributed by atoms with Crippen LogP contribution in [0.5, 0.6) is 0 Å². The predicted molar refractivity (Wildman–Crippen MR) is 46.5 cm³/mol. The van der Waals surface area contributed by atoms with Crippen molar-refractivity contribution >= 4 is 6.09 Å². The zero-order valence-electron chi connectivity index (χ0n) is 7.84. The first-order valence-corrected chi connectivity index (χ1v) is 4.82. The highest BCUT2D eigenvalue weighted by atomic mass is 16.6. The minimum Gasteiger partial charge on any atom is -0.441 e. The number of carbonyl (C=O) groups is 1. The summed E-state index contributed by atoms with van der Waals surface area (Å²) in [5.74, 6) is 0. The number of hydrogen-bond donors (Lipinski definition) is 1. The van der Waals surface area contributed by atoms with Crippen molar-refractivity contribution in [1.82, 2.24) is 5.32 Å². The summed E-state index contributed by atoms with van der Waals surface area (Å²) in [5.41, 5.74) is -0.268. The molecule has 2 heterocycles. The van der Waals surface area contributed by atoms with E-state index in [1.165, 1.54) is 0 Å². The maximum Gasteiger partial charge on any atom is 0.407 e. The molecular formula is C9H15NO3. The van der Waals surface area contributed by atoms with Gasteiger partial charge in [-0.05, 0) is 6.42 Å². The molecule has 0 aromatic rings. The molecule has 4 heteroatoms. The molecule has 2 aliphatic heterocycles. The molecule has 1 amide bonds. The Balaban J connectivity index is 2.02. The molecule has 2 saturated heterocycles. The molecule has 0 aromatic heterocycles. The molecule has 1 N–H and O–H groups in total. The van der Waals surface area contributed by atoms with Crippen molar-refractivity contribution < 1.29 is 14.3 Å². The lowest BCUT2D eigenvalue weighted by Crippen LogP contribution is -2.43. The molecule has 2 atom stereocenters. The molecule has 1 spiro atoms. The Morgan fingerprint density at radius 2 is 2.54 bits per heavy atom. The van der Waals surface area contributed by atoms with E-state index in [1.54, 1.807) is 0 Å². The fourth-order valence-electron chi connectivity index (χ4n) is 2.01. The molecule has 0 aliphatic carbocycles. The molecule has 2 unspecified atom stereocenters. The highest BCUT2D eigenvalue weighted by Crippen LogP contribution is 2.32. The van der Waals surface area contributed by atoms with E-state index in [2.05, 4.69) is 12.2 Å². The fourth-order valence-corrected chi connectivity index (χ4v) is 2.01. The van der Waals surface area contributed by atoms with Crippen LogP contribution in [0, 0.1) is 0 Å². The van der Waals surface area contributed by atoms with Crippen LogP contribution in [0.4, 0.5) is 4.79 Å². The molecule has 2 rings (SSSR count). The summed E-state index contributed by atoms with van der Waals surface area (Å²) < 4.78 is 10.8. The van der Waals surface area contributed by atoms with Gasteiger partial charge in [0, 0.05) is 12.8 Å². The second-order valence-corrected chi connectivity index (χ2v) is 3.78. The first-order valence-electron chi connectivity index (χ1n) is 4.82. The van der Waals surface area contributed by atoms with Gasteiger partial charge < -0.3 is 14.8 Å². The molecular weight excluding hydrogens is 170 g/mol. The third-order valence-electron chi connectivity index (χ3n) is 2.83. The lowest BCUT2D eigenvalue weighted by atomic mass is 9.90. The Labute approximate surface area is 77.6 Å². The first kappa shape index (κ1) is 8.81. The average molecular weight is 185 g/mol. The van der Waals surface area contributed by atoms with Crippen molar-refractivity contribution in [3.8, 4) is 0 Å². The highest BCUT2D eigenvalue weighted by Gasteiger charge is 2.44. The van der Waals surface area contributed by atoms with Gasteiger partial charge in [-0.2, -0.15) is 0 Å². The molecule has 0 bridgehead atoms. The van der Waals surface area contributed by atoms with Crippen molar-refractivity contribution in [2.75, 3.05) is 13.2 Å². The Kier molecular flexibility index (Phi) is 2.15. The molecule has 0 saturated carbocycles. The van der Waals surface area contributed by atoms with E-state index >= 15 is 0 Å².